The average molecular weight is 666 g/mol. The van der Waals surface area contributed by atoms with Crippen molar-refractivity contribution < 1.29 is 48.1 Å². The Morgan fingerprint density at radius 2 is 1.73 bits per heavy atom. The lowest BCUT2D eigenvalue weighted by Crippen LogP contribution is -2.59. The first-order valence-electron chi connectivity index (χ1n) is 15.4. The van der Waals surface area contributed by atoms with Gasteiger partial charge in [0.1, 0.15) is 35.4 Å². The maximum atomic E-state index is 13.9. The number of aliphatic carboxylic acids is 1. The number of rotatable bonds is 14. The van der Waals surface area contributed by atoms with Gasteiger partial charge in [0.05, 0.1) is 13.5 Å². The van der Waals surface area contributed by atoms with E-state index in [9.17, 15) is 39.0 Å². The minimum atomic E-state index is -1.55. The van der Waals surface area contributed by atoms with Crippen LogP contribution in [-0.2, 0) is 30.4 Å². The first-order valence-corrected chi connectivity index (χ1v) is 15.4. The fourth-order valence-corrected chi connectivity index (χ4v) is 5.56. The molecular weight excluding hydrogens is 626 g/mol. The largest absolute Gasteiger partial charge is 0.508 e. The van der Waals surface area contributed by atoms with Gasteiger partial charge in [0, 0.05) is 19.9 Å². The van der Waals surface area contributed by atoms with Crippen molar-refractivity contribution >= 4 is 46.5 Å². The molecule has 4 amide bonds. The number of hydrogen-bond donors (Lipinski definition) is 5. The highest BCUT2D eigenvalue weighted by atomic mass is 16.5. The van der Waals surface area contributed by atoms with Crippen LogP contribution in [0.25, 0.3) is 11.1 Å². The average Bonchev–Trinajstić information content (AvgIpc) is 3.71. The number of phenols is 1. The third-order valence-corrected chi connectivity index (χ3v) is 7.96. The van der Waals surface area contributed by atoms with Gasteiger partial charge in [0.15, 0.2) is 11.3 Å². The van der Waals surface area contributed by atoms with Crippen molar-refractivity contribution in [1.82, 2.24) is 25.8 Å². The molecule has 1 aliphatic rings. The van der Waals surface area contributed by atoms with Crippen LogP contribution in [0.15, 0.2) is 46.9 Å². The summed E-state index contributed by atoms with van der Waals surface area (Å²) in [6.45, 7) is 4.89. The van der Waals surface area contributed by atoms with E-state index in [1.54, 1.807) is 44.2 Å². The van der Waals surface area contributed by atoms with Crippen LogP contribution < -0.4 is 20.7 Å². The number of fused-ring (bicyclic) bond motifs is 1. The molecule has 2 heterocycles. The minimum Gasteiger partial charge on any atom is -0.508 e. The number of nitrogens with zero attached hydrogens (tertiary/aromatic N) is 2. The molecule has 0 radical (unpaired) electrons. The van der Waals surface area contributed by atoms with Crippen molar-refractivity contribution in [3.63, 3.8) is 0 Å². The van der Waals surface area contributed by atoms with Crippen LogP contribution in [-0.4, -0.2) is 93.3 Å². The second-order valence-electron chi connectivity index (χ2n) is 11.9. The van der Waals surface area contributed by atoms with Crippen LogP contribution in [0.5, 0.6) is 11.5 Å². The summed E-state index contributed by atoms with van der Waals surface area (Å²) in [5, 5.41) is 26.9. The molecule has 1 aromatic heterocycles. The number of ether oxygens (including phenoxy) is 1. The quantitative estimate of drug-likeness (QED) is 0.156. The third kappa shape index (κ3) is 8.46. The Morgan fingerprint density at radius 1 is 1.02 bits per heavy atom. The van der Waals surface area contributed by atoms with Gasteiger partial charge in [0.2, 0.25) is 29.4 Å². The van der Waals surface area contributed by atoms with Crippen molar-refractivity contribution in [2.45, 2.75) is 70.6 Å². The van der Waals surface area contributed by atoms with Gasteiger partial charge in [-0.3, -0.25) is 28.8 Å². The van der Waals surface area contributed by atoms with Gasteiger partial charge in [-0.2, -0.15) is 0 Å². The highest BCUT2D eigenvalue weighted by molar-refractivity contribution is 6.03. The molecule has 48 heavy (non-hydrogen) atoms. The molecule has 15 nitrogen and oxygen atoms in total. The molecule has 1 fully saturated rings. The Morgan fingerprint density at radius 3 is 2.35 bits per heavy atom. The summed E-state index contributed by atoms with van der Waals surface area (Å²) in [5.74, 6) is -5.07. The molecule has 256 valence electrons. The minimum absolute atomic E-state index is 0.0412. The number of carboxylic acids is 1. The van der Waals surface area contributed by atoms with Crippen molar-refractivity contribution in [3.05, 3.63) is 53.9 Å². The van der Waals surface area contributed by atoms with E-state index in [-0.39, 0.29) is 30.7 Å². The maximum absolute atomic E-state index is 13.9. The maximum Gasteiger partial charge on any atom is 0.305 e. The van der Waals surface area contributed by atoms with E-state index in [2.05, 4.69) is 20.9 Å². The zero-order valence-electron chi connectivity index (χ0n) is 27.0. The van der Waals surface area contributed by atoms with Crippen molar-refractivity contribution in [1.29, 1.82) is 0 Å². The number of benzene rings is 2. The number of carbonyl (C=O) groups excluding carboxylic acids is 5. The van der Waals surface area contributed by atoms with E-state index < -0.39 is 77.8 Å². The van der Waals surface area contributed by atoms with E-state index in [0.717, 1.165) is 0 Å². The third-order valence-electron chi connectivity index (χ3n) is 7.96. The van der Waals surface area contributed by atoms with Crippen LogP contribution in [0, 0.1) is 5.92 Å². The normalized spacial score (nSPS) is 16.2. The van der Waals surface area contributed by atoms with Gasteiger partial charge in [-0.15, -0.1) is 0 Å². The van der Waals surface area contributed by atoms with Gasteiger partial charge >= 0.3 is 5.97 Å². The van der Waals surface area contributed by atoms with Crippen LogP contribution in [0.4, 0.5) is 0 Å². The van der Waals surface area contributed by atoms with Crippen LogP contribution in [0.3, 0.4) is 0 Å². The number of oxazole rings is 1. The number of aromatic hydroxyl groups is 1. The fourth-order valence-electron chi connectivity index (χ4n) is 5.56. The summed E-state index contributed by atoms with van der Waals surface area (Å²) in [6, 6.07) is 6.25. The molecule has 1 unspecified atom stereocenters. The highest BCUT2D eigenvalue weighted by Gasteiger charge is 2.41. The Bertz CT molecular complexity index is 1690. The number of likely N-dealkylation sites (tertiary alicyclic amines) is 1. The summed E-state index contributed by atoms with van der Waals surface area (Å²) in [5.41, 5.74) is 1.14. The Hall–Kier alpha value is -5.47. The zero-order valence-corrected chi connectivity index (χ0v) is 27.0. The molecule has 2 aromatic carbocycles. The molecule has 3 aromatic rings. The van der Waals surface area contributed by atoms with Gasteiger partial charge in [-0.1, -0.05) is 32.0 Å². The highest BCUT2D eigenvalue weighted by Crippen LogP contribution is 2.27. The van der Waals surface area contributed by atoms with Crippen molar-refractivity contribution in [2.24, 2.45) is 5.92 Å². The lowest BCUT2D eigenvalue weighted by atomic mass is 10.00. The smallest absolute Gasteiger partial charge is 0.305 e. The Labute approximate surface area is 276 Å². The molecule has 4 rings (SSSR count). The summed E-state index contributed by atoms with van der Waals surface area (Å²) in [4.78, 5) is 83.3. The van der Waals surface area contributed by atoms with Crippen LogP contribution in [0.2, 0.25) is 0 Å². The Kier molecular flexibility index (Phi) is 11.4. The molecule has 1 saturated heterocycles. The summed E-state index contributed by atoms with van der Waals surface area (Å²) in [7, 11) is 1.41. The van der Waals surface area contributed by atoms with E-state index >= 15 is 0 Å². The van der Waals surface area contributed by atoms with Crippen LogP contribution >= 0.6 is 0 Å². The van der Waals surface area contributed by atoms with Crippen molar-refractivity contribution in [2.75, 3.05) is 13.7 Å². The molecular formula is C33H39N5O10. The number of ketones is 1. The van der Waals surface area contributed by atoms with Crippen molar-refractivity contribution in [3.8, 4) is 11.5 Å². The number of carbonyl (C=O) groups is 6. The van der Waals surface area contributed by atoms with Gasteiger partial charge in [-0.05, 0) is 48.6 Å². The number of Topliss-reactive ketones (excluding diaryl/α,β-unsaturated/α-hetero) is 1. The first kappa shape index (κ1) is 35.4. The summed E-state index contributed by atoms with van der Waals surface area (Å²) in [6.07, 6.45) is 0.00283. The summed E-state index contributed by atoms with van der Waals surface area (Å²) >= 11 is 0. The monoisotopic (exact) mass is 665 g/mol. The molecule has 1 aliphatic heterocycles. The molecule has 5 N–H and O–H groups in total. The van der Waals surface area contributed by atoms with E-state index in [0.29, 0.717) is 23.3 Å². The van der Waals surface area contributed by atoms with E-state index in [1.165, 1.54) is 31.1 Å². The Balaban J connectivity index is 1.50. The lowest BCUT2D eigenvalue weighted by Gasteiger charge is -2.32. The SMILES string of the molecule is COc1cccc2nc(C(=O)[C@H](CC(=O)O)NC(=O)C3CCCN3C(=O)[C@@H](NC(=O)[C@H](Cc3ccc(O)cc3)NC(C)=O)C(C)C)oc12. The summed E-state index contributed by atoms with van der Waals surface area (Å²) < 4.78 is 10.8. The predicted molar refractivity (Wildman–Crippen MR) is 170 cm³/mol. The molecule has 0 spiro atoms. The fraction of sp³-hybridized carbons (Fsp3) is 0.424. The lowest BCUT2D eigenvalue weighted by molar-refractivity contribution is -0.143. The standard InChI is InChI=1S/C33H39N5O10/c1-17(2)27(37-30(44)23(34-18(3)39)15-19-10-12-20(40)13-11-19)33(46)38-14-6-8-24(38)31(45)35-22(16-26(41)42)28(43)32-36-21-7-5-9-25(47-4)29(21)48-32/h5,7,9-13,17,22-24,27,40H,6,8,14-16H2,1-4H3,(H,34,39)(H,35,45)(H,37,44)(H,41,42)/t22-,23-,24?,27-/m0/s1. The molecule has 0 bridgehead atoms. The predicted octanol–water partition coefficient (Wildman–Crippen LogP) is 1.56. The number of phenolic OH excluding ortho intramolecular Hbond substituents is 1. The van der Waals surface area contributed by atoms with Gasteiger partial charge in [-0.25, -0.2) is 4.98 Å². The number of para-hydroxylation sites is 1. The number of methoxy groups -OCH3 is 1. The van der Waals surface area contributed by atoms with E-state index in [4.69, 9.17) is 9.15 Å². The molecule has 15 heteroatoms. The molecule has 4 atom stereocenters. The number of amides is 4. The number of hydrogen-bond acceptors (Lipinski definition) is 10. The van der Waals surface area contributed by atoms with E-state index in [1.807, 2.05) is 0 Å². The number of aromatic nitrogens is 1. The van der Waals surface area contributed by atoms with Gasteiger partial charge in [0.25, 0.3) is 5.89 Å². The van der Waals surface area contributed by atoms with Crippen LogP contribution in [0.1, 0.15) is 56.3 Å². The van der Waals surface area contributed by atoms with Gasteiger partial charge < -0.3 is 40.2 Å². The number of carboxylic acid groups (broad SMARTS) is 1. The topological polar surface area (TPSA) is 217 Å². The second-order valence-corrected chi connectivity index (χ2v) is 11.9. The molecule has 0 saturated carbocycles. The second kappa shape index (κ2) is 15.4. The zero-order chi connectivity index (χ0) is 35.1. The molecule has 0 aliphatic carbocycles. The first-order chi connectivity index (χ1) is 22.8. The number of nitrogens with one attached hydrogen (secondary N) is 3.